The number of carbonyl (C=O) groups excluding carboxylic acids is 3. The zero-order valence-corrected chi connectivity index (χ0v) is 18.9. The fraction of sp³-hybridized carbons (Fsp3) is 0.417. The first kappa shape index (κ1) is 24.7. The number of rotatable bonds is 10. The molecule has 170 valence electrons. The van der Waals surface area contributed by atoms with Crippen LogP contribution in [0.25, 0.3) is 6.08 Å². The fourth-order valence-corrected chi connectivity index (χ4v) is 3.21. The lowest BCUT2D eigenvalue weighted by Gasteiger charge is -2.27. The molecule has 0 saturated carbocycles. The smallest absolute Gasteiger partial charge is 0.302 e. The number of imide groups is 1. The third-order valence-corrected chi connectivity index (χ3v) is 4.95. The van der Waals surface area contributed by atoms with Crippen LogP contribution in [0.15, 0.2) is 34.9 Å². The minimum Gasteiger partial charge on any atom is -0.493 e. The Kier molecular flexibility index (Phi) is 9.02. The standard InChI is InChI=1S/C24H28N2O6/c1-5-6-7-11-32-21-9-8-18(14-22(21)30-4)13-19-16(2)20(15-25)24(29)26(23(19)28)10-12-31-17(3)27/h8-9,13-14H,5-7,10-12H2,1-4H3/b19-13+. The molecule has 1 heterocycles. The van der Waals surface area contributed by atoms with Crippen LogP contribution in [-0.4, -0.2) is 49.6 Å². The number of nitriles is 1. The summed E-state index contributed by atoms with van der Waals surface area (Å²) in [6.45, 7) is 5.22. The van der Waals surface area contributed by atoms with E-state index in [9.17, 15) is 19.6 Å². The van der Waals surface area contributed by atoms with Gasteiger partial charge in [0.2, 0.25) is 0 Å². The van der Waals surface area contributed by atoms with Crippen LogP contribution in [0, 0.1) is 11.3 Å². The molecule has 2 amide bonds. The summed E-state index contributed by atoms with van der Waals surface area (Å²) in [5.74, 6) is -0.660. The van der Waals surface area contributed by atoms with E-state index in [1.54, 1.807) is 31.2 Å². The van der Waals surface area contributed by atoms with Gasteiger partial charge in [-0.3, -0.25) is 19.3 Å². The molecule has 8 heteroatoms. The van der Waals surface area contributed by atoms with E-state index in [0.29, 0.717) is 29.2 Å². The van der Waals surface area contributed by atoms with Crippen LogP contribution in [0.2, 0.25) is 0 Å². The topological polar surface area (TPSA) is 106 Å². The van der Waals surface area contributed by atoms with Gasteiger partial charge < -0.3 is 14.2 Å². The number of methoxy groups -OCH3 is 1. The summed E-state index contributed by atoms with van der Waals surface area (Å²) in [6, 6.07) is 7.14. The van der Waals surface area contributed by atoms with Gasteiger partial charge in [-0.25, -0.2) is 0 Å². The lowest BCUT2D eigenvalue weighted by Crippen LogP contribution is -2.44. The van der Waals surface area contributed by atoms with E-state index in [0.717, 1.165) is 24.2 Å². The van der Waals surface area contributed by atoms with Crippen LogP contribution in [-0.2, 0) is 19.1 Å². The summed E-state index contributed by atoms with van der Waals surface area (Å²) < 4.78 is 16.1. The Morgan fingerprint density at radius 3 is 2.53 bits per heavy atom. The predicted molar refractivity (Wildman–Crippen MR) is 118 cm³/mol. The van der Waals surface area contributed by atoms with E-state index in [4.69, 9.17) is 14.2 Å². The average Bonchev–Trinajstić information content (AvgIpc) is 2.77. The predicted octanol–water partition coefficient (Wildman–Crippen LogP) is 3.42. The highest BCUT2D eigenvalue weighted by Gasteiger charge is 2.35. The van der Waals surface area contributed by atoms with Gasteiger partial charge in [0.15, 0.2) is 11.5 Å². The van der Waals surface area contributed by atoms with Crippen LogP contribution >= 0.6 is 0 Å². The summed E-state index contributed by atoms with van der Waals surface area (Å²) in [7, 11) is 1.53. The van der Waals surface area contributed by atoms with Gasteiger partial charge in [0.1, 0.15) is 18.2 Å². The van der Waals surface area contributed by atoms with Crippen molar-refractivity contribution in [2.75, 3.05) is 26.9 Å². The molecular weight excluding hydrogens is 412 g/mol. The first-order valence-electron chi connectivity index (χ1n) is 10.5. The van der Waals surface area contributed by atoms with Crippen LogP contribution in [0.1, 0.15) is 45.6 Å². The Labute approximate surface area is 188 Å². The summed E-state index contributed by atoms with van der Waals surface area (Å²) in [5.41, 5.74) is 1.03. The minimum absolute atomic E-state index is 0.124. The molecule has 0 atom stereocenters. The van der Waals surface area contributed by atoms with E-state index in [1.165, 1.54) is 14.0 Å². The van der Waals surface area contributed by atoms with Gasteiger partial charge >= 0.3 is 5.97 Å². The molecule has 8 nitrogen and oxygen atoms in total. The Morgan fingerprint density at radius 1 is 1.16 bits per heavy atom. The van der Waals surface area contributed by atoms with Crippen molar-refractivity contribution in [3.63, 3.8) is 0 Å². The second-order valence-electron chi connectivity index (χ2n) is 7.24. The number of esters is 1. The van der Waals surface area contributed by atoms with Crippen LogP contribution < -0.4 is 9.47 Å². The molecule has 2 rings (SSSR count). The van der Waals surface area contributed by atoms with Gasteiger partial charge in [0, 0.05) is 12.5 Å². The van der Waals surface area contributed by atoms with E-state index in [1.807, 2.05) is 6.07 Å². The van der Waals surface area contributed by atoms with E-state index < -0.39 is 17.8 Å². The highest BCUT2D eigenvalue weighted by atomic mass is 16.5. The van der Waals surface area contributed by atoms with Crippen molar-refractivity contribution in [2.45, 2.75) is 40.0 Å². The van der Waals surface area contributed by atoms with Crippen molar-refractivity contribution >= 4 is 23.9 Å². The van der Waals surface area contributed by atoms with E-state index in [2.05, 4.69) is 6.92 Å². The molecule has 0 bridgehead atoms. The van der Waals surface area contributed by atoms with Gasteiger partial charge in [-0.2, -0.15) is 5.26 Å². The monoisotopic (exact) mass is 440 g/mol. The van der Waals surface area contributed by atoms with Gasteiger partial charge in [-0.1, -0.05) is 25.8 Å². The molecule has 1 aromatic carbocycles. The lowest BCUT2D eigenvalue weighted by atomic mass is 9.93. The van der Waals surface area contributed by atoms with Gasteiger partial charge in [0.25, 0.3) is 11.8 Å². The number of benzene rings is 1. The summed E-state index contributed by atoms with van der Waals surface area (Å²) >= 11 is 0. The molecule has 0 saturated heterocycles. The second-order valence-corrected chi connectivity index (χ2v) is 7.24. The number of amides is 2. The normalized spacial score (nSPS) is 15.1. The molecular formula is C24H28N2O6. The minimum atomic E-state index is -0.701. The third kappa shape index (κ3) is 5.97. The van der Waals surface area contributed by atoms with Crippen molar-refractivity contribution in [2.24, 2.45) is 0 Å². The molecule has 0 N–H and O–H groups in total. The molecule has 1 aliphatic rings. The van der Waals surface area contributed by atoms with Crippen LogP contribution in [0.5, 0.6) is 11.5 Å². The number of ether oxygens (including phenoxy) is 3. The lowest BCUT2D eigenvalue weighted by molar-refractivity contribution is -0.147. The zero-order valence-electron chi connectivity index (χ0n) is 18.9. The molecule has 0 fully saturated rings. The molecule has 0 spiro atoms. The number of nitrogens with zero attached hydrogens (tertiary/aromatic N) is 2. The van der Waals surface area contributed by atoms with Gasteiger partial charge in [-0.05, 0) is 42.7 Å². The zero-order chi connectivity index (χ0) is 23.7. The quantitative estimate of drug-likeness (QED) is 0.237. The first-order chi connectivity index (χ1) is 15.3. The van der Waals surface area contributed by atoms with Crippen LogP contribution in [0.3, 0.4) is 0 Å². The number of hydrogen-bond acceptors (Lipinski definition) is 7. The van der Waals surface area contributed by atoms with Gasteiger partial charge in [0.05, 0.1) is 20.3 Å². The largest absolute Gasteiger partial charge is 0.493 e. The maximum atomic E-state index is 13.0. The van der Waals surface area contributed by atoms with Gasteiger partial charge in [-0.15, -0.1) is 0 Å². The summed E-state index contributed by atoms with van der Waals surface area (Å²) in [4.78, 5) is 37.5. The van der Waals surface area contributed by atoms with Crippen molar-refractivity contribution in [1.82, 2.24) is 4.90 Å². The Bertz CT molecular complexity index is 987. The Balaban J connectivity index is 2.34. The van der Waals surface area contributed by atoms with E-state index >= 15 is 0 Å². The molecule has 1 aromatic rings. The first-order valence-corrected chi connectivity index (χ1v) is 10.5. The van der Waals surface area contributed by atoms with E-state index in [-0.39, 0.29) is 24.3 Å². The molecule has 32 heavy (non-hydrogen) atoms. The summed E-state index contributed by atoms with van der Waals surface area (Å²) in [5, 5.41) is 9.46. The van der Waals surface area contributed by atoms with Crippen LogP contribution in [0.4, 0.5) is 0 Å². The van der Waals surface area contributed by atoms with Crippen molar-refractivity contribution in [3.8, 4) is 17.6 Å². The maximum Gasteiger partial charge on any atom is 0.302 e. The van der Waals surface area contributed by atoms with Crippen molar-refractivity contribution in [3.05, 3.63) is 40.5 Å². The molecule has 0 radical (unpaired) electrons. The maximum absolute atomic E-state index is 13.0. The number of hydrogen-bond donors (Lipinski definition) is 0. The summed E-state index contributed by atoms with van der Waals surface area (Å²) in [6.07, 6.45) is 4.72. The highest BCUT2D eigenvalue weighted by molar-refractivity contribution is 6.19. The molecule has 0 aliphatic carbocycles. The van der Waals surface area contributed by atoms with Crippen molar-refractivity contribution in [1.29, 1.82) is 5.26 Å². The second kappa shape index (κ2) is 11.7. The average molecular weight is 440 g/mol. The molecule has 1 aliphatic heterocycles. The number of carbonyl (C=O) groups is 3. The Morgan fingerprint density at radius 2 is 1.91 bits per heavy atom. The van der Waals surface area contributed by atoms with Crippen molar-refractivity contribution < 1.29 is 28.6 Å². The number of unbranched alkanes of at least 4 members (excludes halogenated alkanes) is 2. The third-order valence-electron chi connectivity index (χ3n) is 4.95. The highest BCUT2D eigenvalue weighted by Crippen LogP contribution is 2.31. The fourth-order valence-electron chi connectivity index (χ4n) is 3.21. The molecule has 0 unspecified atom stereocenters. The Hall–Kier alpha value is -3.60. The SMILES string of the molecule is CCCCCOc1ccc(/C=C2/C(=O)N(CCOC(C)=O)C(=O)C(C#N)=C2C)cc1OC. The molecule has 0 aromatic heterocycles.